The minimum Gasteiger partial charge on any atom is -0.461 e. The number of esters is 1. The molecule has 1 aliphatic rings. The van der Waals surface area contributed by atoms with Gasteiger partial charge in [-0.25, -0.2) is 4.79 Å². The summed E-state index contributed by atoms with van der Waals surface area (Å²) < 4.78 is 6.90. The number of aromatic nitrogens is 2. The molecule has 1 heterocycles. The predicted molar refractivity (Wildman–Crippen MR) is 65.2 cm³/mol. The Kier molecular flexibility index (Phi) is 2.98. The first-order valence-corrected chi connectivity index (χ1v) is 6.28. The number of nitrogens with zero attached hydrogens (tertiary/aromatic N) is 2. The summed E-state index contributed by atoms with van der Waals surface area (Å²) in [6.45, 7) is 9.30. The van der Waals surface area contributed by atoms with E-state index in [4.69, 9.17) is 4.74 Å². The zero-order valence-corrected chi connectivity index (χ0v) is 11.0. The minimum atomic E-state index is -0.235. The molecule has 0 radical (unpaired) electrons. The number of aryl methyl sites for hydroxylation is 1. The molecule has 2 rings (SSSR count). The fourth-order valence-electron chi connectivity index (χ4n) is 2.49. The Morgan fingerprint density at radius 3 is 2.76 bits per heavy atom. The zero-order chi connectivity index (χ0) is 12.6. The second-order valence-corrected chi connectivity index (χ2v) is 5.10. The molecule has 0 bridgehead atoms. The van der Waals surface area contributed by atoms with Crippen LogP contribution in [0.4, 0.5) is 0 Å². The van der Waals surface area contributed by atoms with E-state index in [0.29, 0.717) is 18.8 Å². The molecule has 4 nitrogen and oxygen atoms in total. The van der Waals surface area contributed by atoms with Gasteiger partial charge in [0.25, 0.3) is 0 Å². The molecule has 0 saturated carbocycles. The van der Waals surface area contributed by atoms with Gasteiger partial charge in [-0.15, -0.1) is 0 Å². The lowest BCUT2D eigenvalue weighted by Crippen LogP contribution is -2.16. The molecule has 0 spiro atoms. The summed E-state index contributed by atoms with van der Waals surface area (Å²) in [4.78, 5) is 12.0. The molecule has 0 aromatic carbocycles. The van der Waals surface area contributed by atoms with Crippen LogP contribution in [-0.4, -0.2) is 22.4 Å². The number of fused-ring (bicyclic) bond motifs is 1. The molecule has 17 heavy (non-hydrogen) atoms. The standard InChI is InChI=1S/C13H20N2O2/c1-5-15-10(12(16)17-6-2)9-7-8-13(3,4)11(9)14-15/h5-8H2,1-4H3. The Hall–Kier alpha value is -1.32. The number of hydrogen-bond donors (Lipinski definition) is 0. The second-order valence-electron chi connectivity index (χ2n) is 5.10. The summed E-state index contributed by atoms with van der Waals surface area (Å²) in [6, 6.07) is 0. The molecule has 0 fully saturated rings. The van der Waals surface area contributed by atoms with Crippen LogP contribution in [0.15, 0.2) is 0 Å². The van der Waals surface area contributed by atoms with Crippen LogP contribution in [0.3, 0.4) is 0 Å². The van der Waals surface area contributed by atoms with Gasteiger partial charge in [-0.05, 0) is 26.7 Å². The average Bonchev–Trinajstić information content (AvgIpc) is 2.77. The normalized spacial score (nSPS) is 16.9. The van der Waals surface area contributed by atoms with Crippen LogP contribution < -0.4 is 0 Å². The number of carbonyl (C=O) groups excluding carboxylic acids is 1. The summed E-state index contributed by atoms with van der Waals surface area (Å²) in [6.07, 6.45) is 1.98. The Morgan fingerprint density at radius 1 is 1.47 bits per heavy atom. The van der Waals surface area contributed by atoms with Gasteiger partial charge in [0.05, 0.1) is 12.3 Å². The Balaban J connectivity index is 2.49. The molecule has 1 aromatic rings. The lowest BCUT2D eigenvalue weighted by atomic mass is 9.91. The highest BCUT2D eigenvalue weighted by molar-refractivity contribution is 5.90. The SMILES string of the molecule is CCOC(=O)c1c2c(nn1CC)C(C)(C)CC2. The van der Waals surface area contributed by atoms with Gasteiger partial charge in [0.2, 0.25) is 0 Å². The van der Waals surface area contributed by atoms with E-state index < -0.39 is 0 Å². The maximum absolute atomic E-state index is 12.0. The van der Waals surface area contributed by atoms with E-state index in [1.165, 1.54) is 0 Å². The van der Waals surface area contributed by atoms with Gasteiger partial charge in [-0.2, -0.15) is 5.10 Å². The topological polar surface area (TPSA) is 44.1 Å². The molecule has 0 amide bonds. The molecule has 0 unspecified atom stereocenters. The van der Waals surface area contributed by atoms with Gasteiger partial charge in [0.15, 0.2) is 0 Å². The van der Waals surface area contributed by atoms with Gasteiger partial charge in [-0.1, -0.05) is 13.8 Å². The fraction of sp³-hybridized carbons (Fsp3) is 0.692. The maximum atomic E-state index is 12.0. The van der Waals surface area contributed by atoms with Gasteiger partial charge in [0, 0.05) is 17.5 Å². The van der Waals surface area contributed by atoms with Crippen molar-refractivity contribution in [3.05, 3.63) is 17.0 Å². The van der Waals surface area contributed by atoms with Crippen LogP contribution in [0.2, 0.25) is 0 Å². The van der Waals surface area contributed by atoms with Crippen LogP contribution in [0.1, 0.15) is 55.9 Å². The van der Waals surface area contributed by atoms with Crippen molar-refractivity contribution < 1.29 is 9.53 Å². The van der Waals surface area contributed by atoms with E-state index in [0.717, 1.165) is 24.1 Å². The van der Waals surface area contributed by atoms with Crippen molar-refractivity contribution in [1.29, 1.82) is 0 Å². The van der Waals surface area contributed by atoms with Gasteiger partial charge in [-0.3, -0.25) is 4.68 Å². The van der Waals surface area contributed by atoms with Crippen molar-refractivity contribution in [1.82, 2.24) is 9.78 Å². The highest BCUT2D eigenvalue weighted by Gasteiger charge is 2.37. The number of carbonyl (C=O) groups is 1. The fourth-order valence-corrected chi connectivity index (χ4v) is 2.49. The number of ether oxygens (including phenoxy) is 1. The Labute approximate surface area is 102 Å². The van der Waals surface area contributed by atoms with E-state index in [-0.39, 0.29) is 11.4 Å². The Bertz CT molecular complexity index is 447. The monoisotopic (exact) mass is 236 g/mol. The van der Waals surface area contributed by atoms with E-state index >= 15 is 0 Å². The molecule has 94 valence electrons. The van der Waals surface area contributed by atoms with E-state index in [9.17, 15) is 4.79 Å². The third-order valence-corrected chi connectivity index (χ3v) is 3.46. The van der Waals surface area contributed by atoms with Crippen molar-refractivity contribution in [3.8, 4) is 0 Å². The molecular weight excluding hydrogens is 216 g/mol. The summed E-state index contributed by atoms with van der Waals surface area (Å²) >= 11 is 0. The summed E-state index contributed by atoms with van der Waals surface area (Å²) in [7, 11) is 0. The van der Waals surface area contributed by atoms with Crippen molar-refractivity contribution in [3.63, 3.8) is 0 Å². The molecule has 0 saturated heterocycles. The van der Waals surface area contributed by atoms with Crippen LogP contribution in [-0.2, 0) is 23.1 Å². The number of rotatable bonds is 3. The van der Waals surface area contributed by atoms with Crippen molar-refractivity contribution in [2.75, 3.05) is 6.61 Å². The first-order valence-electron chi connectivity index (χ1n) is 6.28. The lowest BCUT2D eigenvalue weighted by Gasteiger charge is -2.15. The largest absolute Gasteiger partial charge is 0.461 e. The van der Waals surface area contributed by atoms with Crippen LogP contribution in [0, 0.1) is 0 Å². The number of hydrogen-bond acceptors (Lipinski definition) is 3. The van der Waals surface area contributed by atoms with Crippen molar-refractivity contribution in [2.24, 2.45) is 0 Å². The highest BCUT2D eigenvalue weighted by Crippen LogP contribution is 2.39. The van der Waals surface area contributed by atoms with Crippen molar-refractivity contribution in [2.45, 2.75) is 52.5 Å². The highest BCUT2D eigenvalue weighted by atomic mass is 16.5. The summed E-state index contributed by atoms with van der Waals surface area (Å²) in [5.41, 5.74) is 2.91. The molecular formula is C13H20N2O2. The predicted octanol–water partition coefficient (Wildman–Crippen LogP) is 2.30. The quantitative estimate of drug-likeness (QED) is 0.756. The lowest BCUT2D eigenvalue weighted by molar-refractivity contribution is 0.0510. The van der Waals surface area contributed by atoms with Crippen LogP contribution in [0.5, 0.6) is 0 Å². The van der Waals surface area contributed by atoms with Crippen molar-refractivity contribution >= 4 is 5.97 Å². The summed E-state index contributed by atoms with van der Waals surface area (Å²) in [5.74, 6) is -0.235. The van der Waals surface area contributed by atoms with Gasteiger partial charge < -0.3 is 4.74 Å². The van der Waals surface area contributed by atoms with Crippen LogP contribution >= 0.6 is 0 Å². The third kappa shape index (κ3) is 1.85. The molecule has 0 aliphatic heterocycles. The Morgan fingerprint density at radius 2 is 2.18 bits per heavy atom. The average molecular weight is 236 g/mol. The molecule has 1 aromatic heterocycles. The first kappa shape index (κ1) is 12.1. The smallest absolute Gasteiger partial charge is 0.356 e. The molecule has 4 heteroatoms. The van der Waals surface area contributed by atoms with E-state index in [2.05, 4.69) is 18.9 Å². The molecule has 1 aliphatic carbocycles. The zero-order valence-electron chi connectivity index (χ0n) is 11.0. The van der Waals surface area contributed by atoms with Gasteiger partial charge >= 0.3 is 5.97 Å². The maximum Gasteiger partial charge on any atom is 0.356 e. The first-order chi connectivity index (χ1) is 8.01. The van der Waals surface area contributed by atoms with Gasteiger partial charge in [0.1, 0.15) is 5.69 Å². The minimum absolute atomic E-state index is 0.0804. The van der Waals surface area contributed by atoms with E-state index in [1.807, 2.05) is 13.8 Å². The van der Waals surface area contributed by atoms with E-state index in [1.54, 1.807) is 4.68 Å². The van der Waals surface area contributed by atoms with Crippen LogP contribution in [0.25, 0.3) is 0 Å². The second kappa shape index (κ2) is 4.17. The molecule has 0 atom stereocenters. The summed E-state index contributed by atoms with van der Waals surface area (Å²) in [5, 5.41) is 4.58. The molecule has 0 N–H and O–H groups in total. The third-order valence-electron chi connectivity index (χ3n) is 3.46.